The summed E-state index contributed by atoms with van der Waals surface area (Å²) in [5.41, 5.74) is 2.19. The molecular weight excluding hydrogens is 204 g/mol. The monoisotopic (exact) mass is 220 g/mol. The van der Waals surface area contributed by atoms with E-state index in [1.807, 2.05) is 12.1 Å². The van der Waals surface area contributed by atoms with E-state index in [9.17, 15) is 10.1 Å². The number of benzene rings is 1. The van der Waals surface area contributed by atoms with Crippen LogP contribution < -0.4 is 5.32 Å². The van der Waals surface area contributed by atoms with Crippen LogP contribution in [0.15, 0.2) is 18.2 Å². The van der Waals surface area contributed by atoms with Crippen molar-refractivity contribution in [1.82, 2.24) is 5.32 Å². The number of hydrogen-bond acceptors (Lipinski definition) is 3. The van der Waals surface area contributed by atoms with Crippen LogP contribution in [0.2, 0.25) is 0 Å². The average molecular weight is 220 g/mol. The SMILES string of the molecule is Cc1cc(C2CCCNC2)ccc1[N+](=O)[O-]. The predicted molar refractivity (Wildman–Crippen MR) is 62.7 cm³/mol. The summed E-state index contributed by atoms with van der Waals surface area (Å²) in [6, 6.07) is 5.47. The second-order valence-corrected chi connectivity index (χ2v) is 4.35. The summed E-state index contributed by atoms with van der Waals surface area (Å²) < 4.78 is 0. The van der Waals surface area contributed by atoms with Crippen LogP contribution in [0.3, 0.4) is 0 Å². The highest BCUT2D eigenvalue weighted by Gasteiger charge is 2.17. The van der Waals surface area contributed by atoms with Gasteiger partial charge in [0.1, 0.15) is 0 Å². The van der Waals surface area contributed by atoms with Crippen molar-refractivity contribution in [1.29, 1.82) is 0 Å². The molecule has 0 aliphatic carbocycles. The van der Waals surface area contributed by atoms with E-state index in [0.717, 1.165) is 18.7 Å². The Balaban J connectivity index is 2.23. The summed E-state index contributed by atoms with van der Waals surface area (Å²) >= 11 is 0. The summed E-state index contributed by atoms with van der Waals surface area (Å²) in [6.45, 7) is 3.87. The number of hydrogen-bond donors (Lipinski definition) is 1. The Hall–Kier alpha value is -1.42. The fraction of sp³-hybridized carbons (Fsp3) is 0.500. The third kappa shape index (κ3) is 2.22. The van der Waals surface area contributed by atoms with Crippen molar-refractivity contribution in [2.45, 2.75) is 25.7 Å². The van der Waals surface area contributed by atoms with Gasteiger partial charge in [-0.2, -0.15) is 0 Å². The van der Waals surface area contributed by atoms with Crippen molar-refractivity contribution < 1.29 is 4.92 Å². The zero-order valence-corrected chi connectivity index (χ0v) is 9.40. The Morgan fingerprint density at radius 1 is 1.50 bits per heavy atom. The van der Waals surface area contributed by atoms with Crippen LogP contribution in [0.4, 0.5) is 5.69 Å². The molecule has 1 aromatic rings. The fourth-order valence-electron chi connectivity index (χ4n) is 2.27. The minimum absolute atomic E-state index is 0.215. The Kier molecular flexibility index (Phi) is 3.19. The molecule has 1 aromatic carbocycles. The van der Waals surface area contributed by atoms with Crippen LogP contribution in [0.25, 0.3) is 0 Å². The van der Waals surface area contributed by atoms with Gasteiger partial charge in [-0.3, -0.25) is 10.1 Å². The highest BCUT2D eigenvalue weighted by atomic mass is 16.6. The van der Waals surface area contributed by atoms with Gasteiger partial charge in [-0.15, -0.1) is 0 Å². The minimum Gasteiger partial charge on any atom is -0.316 e. The van der Waals surface area contributed by atoms with Gasteiger partial charge in [0.2, 0.25) is 0 Å². The molecule has 0 aromatic heterocycles. The molecule has 0 spiro atoms. The van der Waals surface area contributed by atoms with E-state index in [-0.39, 0.29) is 10.6 Å². The normalized spacial score (nSPS) is 20.7. The largest absolute Gasteiger partial charge is 0.316 e. The molecule has 0 radical (unpaired) electrons. The first-order valence-electron chi connectivity index (χ1n) is 5.64. The van der Waals surface area contributed by atoms with E-state index in [4.69, 9.17) is 0 Å². The number of piperidine rings is 1. The lowest BCUT2D eigenvalue weighted by molar-refractivity contribution is -0.385. The highest BCUT2D eigenvalue weighted by Crippen LogP contribution is 2.27. The van der Waals surface area contributed by atoms with Crippen molar-refractivity contribution in [3.8, 4) is 0 Å². The van der Waals surface area contributed by atoms with Crippen molar-refractivity contribution in [2.24, 2.45) is 0 Å². The molecule has 1 saturated heterocycles. The van der Waals surface area contributed by atoms with Gasteiger partial charge in [-0.1, -0.05) is 6.07 Å². The second kappa shape index (κ2) is 4.61. The first-order chi connectivity index (χ1) is 7.68. The fourth-order valence-corrected chi connectivity index (χ4v) is 2.27. The van der Waals surface area contributed by atoms with Crippen LogP contribution in [-0.2, 0) is 0 Å². The number of nitrogens with zero attached hydrogens (tertiary/aromatic N) is 1. The molecule has 4 heteroatoms. The second-order valence-electron chi connectivity index (χ2n) is 4.35. The minimum atomic E-state index is -0.321. The first kappa shape index (κ1) is 11.1. The van der Waals surface area contributed by atoms with Gasteiger partial charge < -0.3 is 5.32 Å². The average Bonchev–Trinajstić information content (AvgIpc) is 2.29. The molecule has 1 atom stereocenters. The van der Waals surface area contributed by atoms with Crippen molar-refractivity contribution >= 4 is 5.69 Å². The molecule has 0 amide bonds. The van der Waals surface area contributed by atoms with E-state index >= 15 is 0 Å². The topological polar surface area (TPSA) is 55.2 Å². The van der Waals surface area contributed by atoms with E-state index in [1.54, 1.807) is 13.0 Å². The first-order valence-corrected chi connectivity index (χ1v) is 5.64. The van der Waals surface area contributed by atoms with Crippen LogP contribution in [0, 0.1) is 17.0 Å². The summed E-state index contributed by atoms with van der Waals surface area (Å²) in [4.78, 5) is 10.4. The molecule has 4 nitrogen and oxygen atoms in total. The maximum Gasteiger partial charge on any atom is 0.272 e. The lowest BCUT2D eigenvalue weighted by Crippen LogP contribution is -2.28. The van der Waals surface area contributed by atoms with Gasteiger partial charge in [-0.05, 0) is 43.9 Å². The molecule has 1 aliphatic heterocycles. The quantitative estimate of drug-likeness (QED) is 0.615. The van der Waals surface area contributed by atoms with Gasteiger partial charge in [0.15, 0.2) is 0 Å². The number of rotatable bonds is 2. The molecule has 2 rings (SSSR count). The third-order valence-electron chi connectivity index (χ3n) is 3.19. The lowest BCUT2D eigenvalue weighted by atomic mass is 9.90. The summed E-state index contributed by atoms with van der Waals surface area (Å²) in [6.07, 6.45) is 2.35. The Morgan fingerprint density at radius 2 is 2.31 bits per heavy atom. The van der Waals surface area contributed by atoms with Crippen LogP contribution in [0.5, 0.6) is 0 Å². The molecule has 0 saturated carbocycles. The number of aryl methyl sites for hydroxylation is 1. The standard InChI is InChI=1S/C12H16N2O2/c1-9-7-10(4-5-12(9)14(15)16)11-3-2-6-13-8-11/h4-5,7,11,13H,2-3,6,8H2,1H3. The van der Waals surface area contributed by atoms with Crippen LogP contribution in [0.1, 0.15) is 29.9 Å². The third-order valence-corrected chi connectivity index (χ3v) is 3.19. The van der Waals surface area contributed by atoms with Crippen molar-refractivity contribution in [3.63, 3.8) is 0 Å². The maximum absolute atomic E-state index is 10.7. The molecule has 0 bridgehead atoms. The van der Waals surface area contributed by atoms with Gasteiger partial charge in [-0.25, -0.2) is 0 Å². The molecule has 1 unspecified atom stereocenters. The van der Waals surface area contributed by atoms with Crippen molar-refractivity contribution in [2.75, 3.05) is 13.1 Å². The Labute approximate surface area is 94.8 Å². The zero-order chi connectivity index (χ0) is 11.5. The molecular formula is C12H16N2O2. The lowest BCUT2D eigenvalue weighted by Gasteiger charge is -2.23. The smallest absolute Gasteiger partial charge is 0.272 e. The van der Waals surface area contributed by atoms with Gasteiger partial charge in [0.05, 0.1) is 4.92 Å². The molecule has 16 heavy (non-hydrogen) atoms. The van der Waals surface area contributed by atoms with Gasteiger partial charge >= 0.3 is 0 Å². The van der Waals surface area contributed by atoms with Crippen molar-refractivity contribution in [3.05, 3.63) is 39.4 Å². The van der Waals surface area contributed by atoms with Gasteiger partial charge in [0.25, 0.3) is 5.69 Å². The Bertz CT molecular complexity index is 398. The van der Waals surface area contributed by atoms with Crippen LogP contribution in [-0.4, -0.2) is 18.0 Å². The Morgan fingerprint density at radius 3 is 2.88 bits per heavy atom. The number of nitrogens with one attached hydrogen (secondary N) is 1. The van der Waals surface area contributed by atoms with Gasteiger partial charge in [0, 0.05) is 18.2 Å². The summed E-state index contributed by atoms with van der Waals surface area (Å²) in [5, 5.41) is 14.1. The number of nitro benzene ring substituents is 1. The molecule has 1 heterocycles. The number of nitro groups is 1. The van der Waals surface area contributed by atoms with E-state index < -0.39 is 0 Å². The molecule has 1 aliphatic rings. The highest BCUT2D eigenvalue weighted by molar-refractivity contribution is 5.42. The molecule has 1 fully saturated rings. The van der Waals surface area contributed by atoms with Crippen LogP contribution >= 0.6 is 0 Å². The van der Waals surface area contributed by atoms with E-state index in [2.05, 4.69) is 5.32 Å². The summed E-state index contributed by atoms with van der Waals surface area (Å²) in [7, 11) is 0. The zero-order valence-electron chi connectivity index (χ0n) is 9.40. The predicted octanol–water partition coefficient (Wildman–Crippen LogP) is 2.37. The molecule has 86 valence electrons. The van der Waals surface area contributed by atoms with E-state index in [1.165, 1.54) is 18.4 Å². The van der Waals surface area contributed by atoms with E-state index in [0.29, 0.717) is 5.92 Å². The maximum atomic E-state index is 10.7. The molecule has 1 N–H and O–H groups in total. The summed E-state index contributed by atoms with van der Waals surface area (Å²) in [5.74, 6) is 0.508.